The Kier molecular flexibility index (Phi) is 4.40. The molecule has 21 heavy (non-hydrogen) atoms. The van der Waals surface area contributed by atoms with Crippen LogP contribution in [-0.4, -0.2) is 35.1 Å². The van der Waals surface area contributed by atoms with Crippen molar-refractivity contribution in [1.82, 2.24) is 4.90 Å². The van der Waals surface area contributed by atoms with Gasteiger partial charge in [-0.1, -0.05) is 6.07 Å². The van der Waals surface area contributed by atoms with Crippen LogP contribution in [0.3, 0.4) is 0 Å². The molecule has 1 aromatic rings. The van der Waals surface area contributed by atoms with Crippen LogP contribution in [0, 0.1) is 24.5 Å². The normalized spacial score (nSPS) is 18.4. The minimum atomic E-state index is -0.972. The average molecular weight is 298 g/mol. The van der Waals surface area contributed by atoms with Gasteiger partial charge in [-0.3, -0.25) is 4.79 Å². The van der Waals surface area contributed by atoms with Gasteiger partial charge in [0.25, 0.3) is 0 Å². The van der Waals surface area contributed by atoms with E-state index in [1.807, 2.05) is 0 Å². The van der Waals surface area contributed by atoms with Crippen molar-refractivity contribution in [2.45, 2.75) is 19.8 Å². The maximum absolute atomic E-state index is 13.8. The second-order valence-corrected chi connectivity index (χ2v) is 5.11. The topological polar surface area (TPSA) is 69.6 Å². The molecule has 7 heteroatoms. The highest BCUT2D eigenvalue weighted by Gasteiger charge is 2.29. The van der Waals surface area contributed by atoms with Crippen molar-refractivity contribution < 1.29 is 23.5 Å². The highest BCUT2D eigenvalue weighted by Crippen LogP contribution is 2.23. The number of halogens is 2. The third-order valence-electron chi connectivity index (χ3n) is 3.57. The fourth-order valence-electron chi connectivity index (χ4n) is 2.32. The van der Waals surface area contributed by atoms with Crippen LogP contribution < -0.4 is 5.32 Å². The monoisotopic (exact) mass is 298 g/mol. The van der Waals surface area contributed by atoms with E-state index in [-0.39, 0.29) is 12.1 Å². The zero-order valence-electron chi connectivity index (χ0n) is 11.5. The Hall–Kier alpha value is -2.18. The number of amides is 2. The molecule has 114 valence electrons. The van der Waals surface area contributed by atoms with Crippen molar-refractivity contribution in [3.05, 3.63) is 29.3 Å². The first kappa shape index (κ1) is 15.2. The molecular formula is C14H16F2N2O3. The molecule has 1 fully saturated rings. The molecule has 0 aromatic heterocycles. The van der Waals surface area contributed by atoms with Gasteiger partial charge in [-0.25, -0.2) is 13.6 Å². The summed E-state index contributed by atoms with van der Waals surface area (Å²) in [6.45, 7) is 1.87. The molecule has 1 aliphatic rings. The molecule has 2 amide bonds. The minimum Gasteiger partial charge on any atom is -0.481 e. The number of aliphatic carboxylic acids is 1. The number of anilines is 1. The number of urea groups is 1. The molecule has 0 unspecified atom stereocenters. The number of carboxylic acid groups (broad SMARTS) is 1. The Morgan fingerprint density at radius 2 is 2.10 bits per heavy atom. The van der Waals surface area contributed by atoms with Crippen LogP contribution in [0.25, 0.3) is 0 Å². The van der Waals surface area contributed by atoms with Gasteiger partial charge in [0.1, 0.15) is 11.5 Å². The molecular weight excluding hydrogens is 282 g/mol. The molecule has 0 bridgehead atoms. The number of carbonyl (C=O) groups is 2. The molecule has 0 spiro atoms. The molecule has 1 heterocycles. The summed E-state index contributed by atoms with van der Waals surface area (Å²) in [5, 5.41) is 11.2. The summed E-state index contributed by atoms with van der Waals surface area (Å²) in [4.78, 5) is 24.3. The van der Waals surface area contributed by atoms with Crippen molar-refractivity contribution in [2.75, 3.05) is 18.4 Å². The Labute approximate surface area is 120 Å². The van der Waals surface area contributed by atoms with Gasteiger partial charge in [-0.15, -0.1) is 0 Å². The molecule has 1 saturated heterocycles. The molecule has 0 radical (unpaired) electrons. The average Bonchev–Trinajstić information content (AvgIpc) is 2.47. The highest BCUT2D eigenvalue weighted by molar-refractivity contribution is 5.90. The van der Waals surface area contributed by atoms with Gasteiger partial charge >= 0.3 is 12.0 Å². The zero-order valence-corrected chi connectivity index (χ0v) is 11.5. The van der Waals surface area contributed by atoms with Crippen molar-refractivity contribution in [2.24, 2.45) is 5.92 Å². The number of carboxylic acids is 1. The zero-order chi connectivity index (χ0) is 15.6. The quantitative estimate of drug-likeness (QED) is 0.881. The minimum absolute atomic E-state index is 0.0379. The Morgan fingerprint density at radius 1 is 1.38 bits per heavy atom. The maximum Gasteiger partial charge on any atom is 0.322 e. The van der Waals surface area contributed by atoms with Crippen LogP contribution in [0.15, 0.2) is 12.1 Å². The van der Waals surface area contributed by atoms with E-state index in [4.69, 9.17) is 5.11 Å². The number of hydrogen-bond donors (Lipinski definition) is 2. The second kappa shape index (κ2) is 6.07. The smallest absolute Gasteiger partial charge is 0.322 e. The van der Waals surface area contributed by atoms with Crippen LogP contribution in [0.5, 0.6) is 0 Å². The Balaban J connectivity index is 2.11. The van der Waals surface area contributed by atoms with Crippen LogP contribution in [-0.2, 0) is 4.79 Å². The number of likely N-dealkylation sites (tertiary alicyclic amines) is 1. The lowest BCUT2D eigenvalue weighted by atomic mass is 9.99. The Bertz CT molecular complexity index is 578. The molecule has 1 aromatic carbocycles. The lowest BCUT2D eigenvalue weighted by molar-refractivity contribution is -0.143. The summed E-state index contributed by atoms with van der Waals surface area (Å²) >= 11 is 0. The van der Waals surface area contributed by atoms with Gasteiger partial charge in [0.05, 0.1) is 5.92 Å². The molecule has 1 aliphatic heterocycles. The molecule has 2 N–H and O–H groups in total. The highest BCUT2D eigenvalue weighted by atomic mass is 19.1. The molecule has 0 aliphatic carbocycles. The van der Waals surface area contributed by atoms with E-state index in [0.717, 1.165) is 6.07 Å². The predicted molar refractivity (Wildman–Crippen MR) is 72.0 cm³/mol. The fraction of sp³-hybridized carbons (Fsp3) is 0.429. The summed E-state index contributed by atoms with van der Waals surface area (Å²) in [5.74, 6) is -3.30. The maximum atomic E-state index is 13.8. The van der Waals surface area contributed by atoms with Gasteiger partial charge in [0, 0.05) is 13.1 Å². The van der Waals surface area contributed by atoms with Crippen molar-refractivity contribution in [1.29, 1.82) is 0 Å². The first-order valence-electron chi connectivity index (χ1n) is 6.63. The van der Waals surface area contributed by atoms with E-state index in [1.54, 1.807) is 0 Å². The van der Waals surface area contributed by atoms with Crippen molar-refractivity contribution in [3.63, 3.8) is 0 Å². The SMILES string of the molecule is Cc1ccc(F)c(NC(=O)N2CCC[C@H](C(=O)O)C2)c1F. The molecule has 1 atom stereocenters. The van der Waals surface area contributed by atoms with Gasteiger partial charge < -0.3 is 15.3 Å². The van der Waals surface area contributed by atoms with E-state index >= 15 is 0 Å². The third-order valence-corrected chi connectivity index (χ3v) is 3.57. The van der Waals surface area contributed by atoms with E-state index in [2.05, 4.69) is 5.32 Å². The number of aryl methyl sites for hydroxylation is 1. The second-order valence-electron chi connectivity index (χ2n) is 5.11. The van der Waals surface area contributed by atoms with Gasteiger partial charge in [-0.05, 0) is 31.4 Å². The molecule has 0 saturated carbocycles. The number of hydrogen-bond acceptors (Lipinski definition) is 2. The fourth-order valence-corrected chi connectivity index (χ4v) is 2.32. The van der Waals surface area contributed by atoms with E-state index in [0.29, 0.717) is 19.4 Å². The van der Waals surface area contributed by atoms with E-state index < -0.39 is 35.2 Å². The van der Waals surface area contributed by atoms with Crippen LogP contribution in [0.2, 0.25) is 0 Å². The summed E-state index contributed by atoms with van der Waals surface area (Å²) in [6, 6.07) is 1.66. The number of nitrogens with one attached hydrogen (secondary N) is 1. The summed E-state index contributed by atoms with van der Waals surface area (Å²) in [5.41, 5.74) is -0.286. The van der Waals surface area contributed by atoms with Crippen LogP contribution in [0.4, 0.5) is 19.3 Å². The van der Waals surface area contributed by atoms with E-state index in [9.17, 15) is 18.4 Å². The first-order valence-corrected chi connectivity index (χ1v) is 6.63. The largest absolute Gasteiger partial charge is 0.481 e. The van der Waals surface area contributed by atoms with Crippen molar-refractivity contribution >= 4 is 17.7 Å². The number of piperidine rings is 1. The summed E-state index contributed by atoms with van der Waals surface area (Å²) < 4.78 is 27.4. The number of rotatable bonds is 2. The van der Waals surface area contributed by atoms with E-state index in [1.165, 1.54) is 17.9 Å². The standard InChI is InChI=1S/C14H16F2N2O3/c1-8-4-5-10(15)12(11(8)16)17-14(21)18-6-2-3-9(7-18)13(19)20/h4-5,9H,2-3,6-7H2,1H3,(H,17,21)(H,19,20)/t9-/m0/s1. The van der Waals surface area contributed by atoms with Gasteiger partial charge in [-0.2, -0.15) is 0 Å². The number of benzene rings is 1. The Morgan fingerprint density at radius 3 is 2.76 bits per heavy atom. The van der Waals surface area contributed by atoms with Crippen molar-refractivity contribution in [3.8, 4) is 0 Å². The molecule has 2 rings (SSSR count). The summed E-state index contributed by atoms with van der Waals surface area (Å²) in [7, 11) is 0. The lowest BCUT2D eigenvalue weighted by Gasteiger charge is -2.30. The predicted octanol–water partition coefficient (Wildman–Crippen LogP) is 2.60. The summed E-state index contributed by atoms with van der Waals surface area (Å²) in [6.07, 6.45) is 1.04. The molecule has 5 nitrogen and oxygen atoms in total. The first-order chi connectivity index (χ1) is 9.90. The van der Waals surface area contributed by atoms with Gasteiger partial charge in [0.15, 0.2) is 5.82 Å². The number of nitrogens with zero attached hydrogens (tertiary/aromatic N) is 1. The van der Waals surface area contributed by atoms with Crippen LogP contribution >= 0.6 is 0 Å². The third kappa shape index (κ3) is 3.29. The van der Waals surface area contributed by atoms with Crippen LogP contribution in [0.1, 0.15) is 18.4 Å². The number of carbonyl (C=O) groups excluding carboxylic acids is 1. The lowest BCUT2D eigenvalue weighted by Crippen LogP contribution is -2.44. The van der Waals surface area contributed by atoms with Gasteiger partial charge in [0.2, 0.25) is 0 Å².